The van der Waals surface area contributed by atoms with E-state index in [1.165, 1.54) is 11.3 Å². The van der Waals surface area contributed by atoms with Gasteiger partial charge < -0.3 is 4.42 Å². The Labute approximate surface area is 90.1 Å². The molecule has 0 fully saturated rings. The molecule has 0 aromatic carbocycles. The number of halogens is 1. The number of hydrogen-bond donors (Lipinski definition) is 0. The number of thiophene rings is 1. The SMILES string of the molecule is Cc1ccsc1C(=O)c1ccc(Cl)o1. The molecule has 14 heavy (non-hydrogen) atoms. The van der Waals surface area contributed by atoms with Crippen molar-refractivity contribution in [1.82, 2.24) is 0 Å². The first kappa shape index (κ1) is 9.49. The summed E-state index contributed by atoms with van der Waals surface area (Å²) in [5.74, 6) is 0.185. The molecule has 0 saturated carbocycles. The van der Waals surface area contributed by atoms with Crippen molar-refractivity contribution in [3.63, 3.8) is 0 Å². The third-order valence-electron chi connectivity index (χ3n) is 1.87. The van der Waals surface area contributed by atoms with Gasteiger partial charge >= 0.3 is 0 Å². The van der Waals surface area contributed by atoms with Gasteiger partial charge in [-0.05, 0) is 47.7 Å². The van der Waals surface area contributed by atoms with E-state index in [9.17, 15) is 4.79 Å². The maximum Gasteiger partial charge on any atom is 0.238 e. The molecule has 0 atom stereocenters. The molecule has 0 unspecified atom stereocenters. The molecular weight excluding hydrogens is 220 g/mol. The fourth-order valence-corrected chi connectivity index (χ4v) is 2.17. The summed E-state index contributed by atoms with van der Waals surface area (Å²) in [5.41, 5.74) is 0.965. The van der Waals surface area contributed by atoms with Gasteiger partial charge in [-0.25, -0.2) is 0 Å². The molecule has 0 aliphatic rings. The standard InChI is InChI=1S/C10H7ClO2S/c1-6-4-5-14-10(6)9(12)7-2-3-8(11)13-7/h2-5H,1H3. The third kappa shape index (κ3) is 1.61. The maximum atomic E-state index is 11.8. The largest absolute Gasteiger partial charge is 0.441 e. The molecule has 0 aliphatic carbocycles. The van der Waals surface area contributed by atoms with Crippen molar-refractivity contribution in [3.8, 4) is 0 Å². The molecule has 0 aliphatic heterocycles. The van der Waals surface area contributed by atoms with Gasteiger partial charge in [0.25, 0.3) is 0 Å². The zero-order valence-corrected chi connectivity index (χ0v) is 8.98. The minimum Gasteiger partial charge on any atom is -0.441 e. The van der Waals surface area contributed by atoms with E-state index in [1.54, 1.807) is 12.1 Å². The van der Waals surface area contributed by atoms with Crippen LogP contribution >= 0.6 is 22.9 Å². The predicted molar refractivity (Wildman–Crippen MR) is 56.2 cm³/mol. The highest BCUT2D eigenvalue weighted by Crippen LogP contribution is 2.22. The van der Waals surface area contributed by atoms with Crippen LogP contribution < -0.4 is 0 Å². The second-order valence-electron chi connectivity index (χ2n) is 2.87. The highest BCUT2D eigenvalue weighted by Gasteiger charge is 2.16. The second kappa shape index (κ2) is 3.59. The lowest BCUT2D eigenvalue weighted by molar-refractivity contribution is 0.101. The minimum atomic E-state index is -0.107. The Hall–Kier alpha value is -1.06. The number of hydrogen-bond acceptors (Lipinski definition) is 3. The van der Waals surface area contributed by atoms with Crippen LogP contribution in [0.3, 0.4) is 0 Å². The number of carbonyl (C=O) groups excluding carboxylic acids is 1. The van der Waals surface area contributed by atoms with Crippen LogP contribution in [0.1, 0.15) is 21.0 Å². The molecular formula is C10H7ClO2S. The van der Waals surface area contributed by atoms with Crippen molar-refractivity contribution in [2.45, 2.75) is 6.92 Å². The molecule has 2 aromatic heterocycles. The zero-order valence-electron chi connectivity index (χ0n) is 7.41. The molecule has 2 heterocycles. The van der Waals surface area contributed by atoms with Crippen LogP contribution in [-0.4, -0.2) is 5.78 Å². The van der Waals surface area contributed by atoms with E-state index in [4.69, 9.17) is 16.0 Å². The van der Waals surface area contributed by atoms with Gasteiger partial charge in [0.15, 0.2) is 11.0 Å². The monoisotopic (exact) mass is 226 g/mol. The van der Waals surface area contributed by atoms with E-state index in [0.717, 1.165) is 5.56 Å². The van der Waals surface area contributed by atoms with Gasteiger partial charge in [0.1, 0.15) is 0 Å². The highest BCUT2D eigenvalue weighted by atomic mass is 35.5. The molecule has 2 nitrogen and oxygen atoms in total. The molecule has 2 aromatic rings. The van der Waals surface area contributed by atoms with Crippen molar-refractivity contribution in [3.05, 3.63) is 45.0 Å². The Kier molecular flexibility index (Phi) is 2.44. The van der Waals surface area contributed by atoms with Crippen LogP contribution in [0.25, 0.3) is 0 Å². The van der Waals surface area contributed by atoms with E-state index >= 15 is 0 Å². The summed E-state index contributed by atoms with van der Waals surface area (Å²) in [6, 6.07) is 5.06. The van der Waals surface area contributed by atoms with E-state index in [-0.39, 0.29) is 11.0 Å². The fourth-order valence-electron chi connectivity index (χ4n) is 1.15. The molecule has 4 heteroatoms. The van der Waals surface area contributed by atoms with Gasteiger partial charge in [-0.1, -0.05) is 0 Å². The smallest absolute Gasteiger partial charge is 0.238 e. The molecule has 0 bridgehead atoms. The normalized spacial score (nSPS) is 10.4. The summed E-state index contributed by atoms with van der Waals surface area (Å²) in [4.78, 5) is 12.5. The highest BCUT2D eigenvalue weighted by molar-refractivity contribution is 7.12. The lowest BCUT2D eigenvalue weighted by Gasteiger charge is -1.94. The lowest BCUT2D eigenvalue weighted by Crippen LogP contribution is -1.97. The van der Waals surface area contributed by atoms with Crippen LogP contribution in [-0.2, 0) is 0 Å². The average Bonchev–Trinajstić information content (AvgIpc) is 2.73. The number of furan rings is 1. The van der Waals surface area contributed by atoms with Crippen molar-refractivity contribution >= 4 is 28.7 Å². The van der Waals surface area contributed by atoms with Gasteiger partial charge in [0, 0.05) is 0 Å². The number of carbonyl (C=O) groups is 1. The molecule has 72 valence electrons. The first-order valence-corrected chi connectivity index (χ1v) is 5.28. The van der Waals surface area contributed by atoms with Gasteiger partial charge in [0.05, 0.1) is 4.88 Å². The molecule has 0 spiro atoms. The fraction of sp³-hybridized carbons (Fsp3) is 0.100. The van der Waals surface area contributed by atoms with Crippen LogP contribution in [0.2, 0.25) is 5.22 Å². The lowest BCUT2D eigenvalue weighted by atomic mass is 10.2. The molecule has 0 amide bonds. The topological polar surface area (TPSA) is 30.2 Å². The third-order valence-corrected chi connectivity index (χ3v) is 3.08. The molecule has 0 saturated heterocycles. The van der Waals surface area contributed by atoms with E-state index in [0.29, 0.717) is 10.6 Å². The minimum absolute atomic E-state index is 0.107. The Morgan fingerprint density at radius 2 is 2.21 bits per heavy atom. The van der Waals surface area contributed by atoms with Crippen molar-refractivity contribution in [2.24, 2.45) is 0 Å². The zero-order chi connectivity index (χ0) is 10.1. The summed E-state index contributed by atoms with van der Waals surface area (Å²) in [5, 5.41) is 2.12. The van der Waals surface area contributed by atoms with Crippen molar-refractivity contribution < 1.29 is 9.21 Å². The van der Waals surface area contributed by atoms with Crippen LogP contribution in [0.5, 0.6) is 0 Å². The van der Waals surface area contributed by atoms with Gasteiger partial charge in [0.2, 0.25) is 5.78 Å². The number of aryl methyl sites for hydroxylation is 1. The van der Waals surface area contributed by atoms with E-state index in [1.807, 2.05) is 18.4 Å². The number of rotatable bonds is 2. The van der Waals surface area contributed by atoms with Gasteiger partial charge in [-0.15, -0.1) is 11.3 Å². The van der Waals surface area contributed by atoms with E-state index < -0.39 is 0 Å². The molecule has 0 N–H and O–H groups in total. The Morgan fingerprint density at radius 1 is 1.43 bits per heavy atom. The van der Waals surface area contributed by atoms with Crippen LogP contribution in [0, 0.1) is 6.92 Å². The molecule has 0 radical (unpaired) electrons. The second-order valence-corrected chi connectivity index (χ2v) is 4.15. The van der Waals surface area contributed by atoms with Crippen molar-refractivity contribution in [1.29, 1.82) is 0 Å². The van der Waals surface area contributed by atoms with Crippen LogP contribution in [0.15, 0.2) is 28.0 Å². The predicted octanol–water partition coefficient (Wildman–Crippen LogP) is 3.53. The Bertz CT molecular complexity index is 470. The average molecular weight is 227 g/mol. The number of ketones is 1. The Balaban J connectivity index is 2.38. The van der Waals surface area contributed by atoms with E-state index in [2.05, 4.69) is 0 Å². The summed E-state index contributed by atoms with van der Waals surface area (Å²) in [6.07, 6.45) is 0. The quantitative estimate of drug-likeness (QED) is 0.734. The molecule has 2 rings (SSSR count). The first-order valence-electron chi connectivity index (χ1n) is 4.02. The van der Waals surface area contributed by atoms with Gasteiger partial charge in [-0.3, -0.25) is 4.79 Å². The maximum absolute atomic E-state index is 11.8. The van der Waals surface area contributed by atoms with Crippen LogP contribution in [0.4, 0.5) is 0 Å². The summed E-state index contributed by atoms with van der Waals surface area (Å²) in [6.45, 7) is 1.90. The summed E-state index contributed by atoms with van der Waals surface area (Å²) >= 11 is 7.00. The summed E-state index contributed by atoms with van der Waals surface area (Å²) in [7, 11) is 0. The first-order chi connectivity index (χ1) is 6.68. The van der Waals surface area contributed by atoms with Crippen molar-refractivity contribution in [2.75, 3.05) is 0 Å². The Morgan fingerprint density at radius 3 is 2.71 bits per heavy atom. The summed E-state index contributed by atoms with van der Waals surface area (Å²) < 4.78 is 5.05. The van der Waals surface area contributed by atoms with Gasteiger partial charge in [-0.2, -0.15) is 0 Å².